The molecule has 2 amide bonds. The highest BCUT2D eigenvalue weighted by molar-refractivity contribution is 5.91. The molecule has 2 saturated heterocycles. The Bertz CT molecular complexity index is 777. The first-order valence-electron chi connectivity index (χ1n) is 11.3. The lowest BCUT2D eigenvalue weighted by atomic mass is 9.81. The molecule has 1 aromatic rings. The van der Waals surface area contributed by atoms with Crippen LogP contribution in [-0.4, -0.2) is 59.0 Å². The number of piperidine rings is 1. The van der Waals surface area contributed by atoms with Crippen molar-refractivity contribution in [2.75, 3.05) is 19.7 Å². The Kier molecular flexibility index (Phi) is 4.69. The minimum atomic E-state index is -0.279. The molecule has 2 aliphatic heterocycles. The molecular weight excluding hydrogens is 364 g/mol. The molecule has 2 saturated carbocycles. The third-order valence-corrected chi connectivity index (χ3v) is 7.61. The lowest BCUT2D eigenvalue weighted by Gasteiger charge is -2.48. The first-order chi connectivity index (χ1) is 14.0. The monoisotopic (exact) mass is 396 g/mol. The Hall–Kier alpha value is -1.88. The van der Waals surface area contributed by atoms with Crippen LogP contribution in [0.1, 0.15) is 63.9 Å². The molecule has 2 aliphatic carbocycles. The normalized spacial score (nSPS) is 27.5. The SMILES string of the molecule is CC(=O)N(C1CC1)C1CCOC2(CCN(C(=O)C3(c4ccccc4)CC3)CC2)C1. The van der Waals surface area contributed by atoms with Crippen molar-refractivity contribution in [3.63, 3.8) is 0 Å². The van der Waals surface area contributed by atoms with Crippen molar-refractivity contribution >= 4 is 11.8 Å². The second-order valence-electron chi connectivity index (χ2n) is 9.58. The van der Waals surface area contributed by atoms with E-state index in [4.69, 9.17) is 4.74 Å². The van der Waals surface area contributed by atoms with Crippen molar-refractivity contribution in [2.45, 2.75) is 81.4 Å². The Labute approximate surface area is 173 Å². The number of likely N-dealkylation sites (tertiary alicyclic amines) is 1. The van der Waals surface area contributed by atoms with E-state index in [1.165, 1.54) is 5.56 Å². The van der Waals surface area contributed by atoms with E-state index in [0.717, 1.165) is 71.1 Å². The van der Waals surface area contributed by atoms with Crippen molar-refractivity contribution in [1.82, 2.24) is 9.80 Å². The number of hydrogen-bond donors (Lipinski definition) is 0. The Morgan fingerprint density at radius 1 is 1.00 bits per heavy atom. The van der Waals surface area contributed by atoms with E-state index in [1.807, 2.05) is 18.2 Å². The molecule has 29 heavy (non-hydrogen) atoms. The first-order valence-corrected chi connectivity index (χ1v) is 11.3. The smallest absolute Gasteiger partial charge is 0.233 e. The topological polar surface area (TPSA) is 49.9 Å². The van der Waals surface area contributed by atoms with E-state index in [-0.39, 0.29) is 16.9 Å². The number of hydrogen-bond acceptors (Lipinski definition) is 3. The number of rotatable bonds is 4. The van der Waals surface area contributed by atoms with Crippen molar-refractivity contribution in [1.29, 1.82) is 0 Å². The summed E-state index contributed by atoms with van der Waals surface area (Å²) in [5.74, 6) is 0.509. The van der Waals surface area contributed by atoms with Crippen molar-refractivity contribution in [3.8, 4) is 0 Å². The highest BCUT2D eigenvalue weighted by Crippen LogP contribution is 2.50. The van der Waals surface area contributed by atoms with Gasteiger partial charge in [0.2, 0.25) is 11.8 Å². The van der Waals surface area contributed by atoms with Crippen molar-refractivity contribution in [3.05, 3.63) is 35.9 Å². The van der Waals surface area contributed by atoms with Gasteiger partial charge in [0.05, 0.1) is 11.0 Å². The summed E-state index contributed by atoms with van der Waals surface area (Å²) >= 11 is 0. The van der Waals surface area contributed by atoms with Gasteiger partial charge in [-0.25, -0.2) is 0 Å². The van der Waals surface area contributed by atoms with Gasteiger partial charge in [0.25, 0.3) is 0 Å². The van der Waals surface area contributed by atoms with E-state index in [9.17, 15) is 9.59 Å². The van der Waals surface area contributed by atoms with Crippen LogP contribution in [0.15, 0.2) is 30.3 Å². The first kappa shape index (κ1) is 19.1. The molecule has 5 rings (SSSR count). The van der Waals surface area contributed by atoms with Crippen LogP contribution < -0.4 is 0 Å². The molecule has 0 radical (unpaired) electrons. The number of benzene rings is 1. The maximum Gasteiger partial charge on any atom is 0.233 e. The minimum absolute atomic E-state index is 0.161. The van der Waals surface area contributed by atoms with Gasteiger partial charge in [-0.15, -0.1) is 0 Å². The number of carbonyl (C=O) groups is 2. The zero-order chi connectivity index (χ0) is 20.1. The summed E-state index contributed by atoms with van der Waals surface area (Å²) in [6, 6.07) is 11.0. The zero-order valence-electron chi connectivity index (χ0n) is 17.4. The van der Waals surface area contributed by atoms with Gasteiger partial charge >= 0.3 is 0 Å². The fourth-order valence-electron chi connectivity index (χ4n) is 5.68. The van der Waals surface area contributed by atoms with Gasteiger partial charge in [0.15, 0.2) is 0 Å². The predicted molar refractivity (Wildman–Crippen MR) is 110 cm³/mol. The lowest BCUT2D eigenvalue weighted by molar-refractivity contribution is -0.156. The van der Waals surface area contributed by atoms with Crippen molar-refractivity contribution < 1.29 is 14.3 Å². The van der Waals surface area contributed by atoms with Gasteiger partial charge in [-0.1, -0.05) is 30.3 Å². The van der Waals surface area contributed by atoms with Gasteiger partial charge in [0.1, 0.15) is 0 Å². The van der Waals surface area contributed by atoms with E-state index in [0.29, 0.717) is 18.0 Å². The van der Waals surface area contributed by atoms with Crippen LogP contribution in [0, 0.1) is 0 Å². The molecule has 4 fully saturated rings. The molecule has 1 atom stereocenters. The van der Waals surface area contributed by atoms with Gasteiger partial charge in [-0.3, -0.25) is 9.59 Å². The van der Waals surface area contributed by atoms with Crippen molar-refractivity contribution in [2.24, 2.45) is 0 Å². The van der Waals surface area contributed by atoms with E-state index in [1.54, 1.807) is 6.92 Å². The Morgan fingerprint density at radius 3 is 2.28 bits per heavy atom. The Balaban J connectivity index is 1.24. The molecule has 0 N–H and O–H groups in total. The molecule has 0 bridgehead atoms. The van der Waals surface area contributed by atoms with Gasteiger partial charge in [-0.05, 0) is 56.9 Å². The number of ether oxygens (including phenoxy) is 1. The highest BCUT2D eigenvalue weighted by atomic mass is 16.5. The second-order valence-corrected chi connectivity index (χ2v) is 9.58. The van der Waals surface area contributed by atoms with Crippen LogP contribution in [0.5, 0.6) is 0 Å². The van der Waals surface area contributed by atoms with E-state index >= 15 is 0 Å². The predicted octanol–water partition coefficient (Wildman–Crippen LogP) is 3.27. The molecule has 5 nitrogen and oxygen atoms in total. The van der Waals surface area contributed by atoms with E-state index < -0.39 is 0 Å². The summed E-state index contributed by atoms with van der Waals surface area (Å²) in [6.45, 7) is 3.97. The number of carbonyl (C=O) groups excluding carboxylic acids is 2. The maximum absolute atomic E-state index is 13.3. The van der Waals surface area contributed by atoms with Crippen LogP contribution in [-0.2, 0) is 19.7 Å². The van der Waals surface area contributed by atoms with Gasteiger partial charge in [-0.2, -0.15) is 0 Å². The standard InChI is InChI=1S/C24H32N2O3/c1-18(27)26(20-7-8-20)21-9-16-29-23(17-21)12-14-25(15-13-23)22(28)24(10-11-24)19-5-3-2-4-6-19/h2-6,20-21H,7-17H2,1H3. The summed E-state index contributed by atoms with van der Waals surface area (Å²) in [5, 5.41) is 0. The van der Waals surface area contributed by atoms with Crippen LogP contribution in [0.3, 0.4) is 0 Å². The third kappa shape index (κ3) is 3.48. The van der Waals surface area contributed by atoms with E-state index in [2.05, 4.69) is 21.9 Å². The van der Waals surface area contributed by atoms with Crippen LogP contribution in [0.2, 0.25) is 0 Å². The molecule has 5 heteroatoms. The molecule has 1 unspecified atom stereocenters. The summed E-state index contributed by atoms with van der Waals surface area (Å²) in [5.41, 5.74) is 0.728. The minimum Gasteiger partial charge on any atom is -0.375 e. The molecule has 1 spiro atoms. The Morgan fingerprint density at radius 2 is 1.69 bits per heavy atom. The fraction of sp³-hybridized carbons (Fsp3) is 0.667. The number of nitrogens with zero attached hydrogens (tertiary/aromatic N) is 2. The molecular formula is C24H32N2O3. The molecule has 1 aromatic carbocycles. The average Bonchev–Trinajstić information content (AvgIpc) is 3.64. The van der Waals surface area contributed by atoms with Crippen LogP contribution >= 0.6 is 0 Å². The molecule has 0 aromatic heterocycles. The third-order valence-electron chi connectivity index (χ3n) is 7.61. The molecule has 156 valence electrons. The zero-order valence-corrected chi connectivity index (χ0v) is 17.4. The van der Waals surface area contributed by atoms with Gasteiger partial charge in [0, 0.05) is 38.7 Å². The van der Waals surface area contributed by atoms with Crippen LogP contribution in [0.25, 0.3) is 0 Å². The second kappa shape index (κ2) is 7.12. The largest absolute Gasteiger partial charge is 0.375 e. The molecule has 2 heterocycles. The lowest BCUT2D eigenvalue weighted by Crippen LogP contribution is -2.56. The van der Waals surface area contributed by atoms with Crippen LogP contribution in [0.4, 0.5) is 0 Å². The summed E-state index contributed by atoms with van der Waals surface area (Å²) in [4.78, 5) is 29.8. The van der Waals surface area contributed by atoms with Gasteiger partial charge < -0.3 is 14.5 Å². The highest BCUT2D eigenvalue weighted by Gasteiger charge is 2.54. The summed E-state index contributed by atoms with van der Waals surface area (Å²) in [7, 11) is 0. The molecule has 4 aliphatic rings. The quantitative estimate of drug-likeness (QED) is 0.785. The average molecular weight is 397 g/mol. The number of amides is 2. The summed E-state index contributed by atoms with van der Waals surface area (Å²) in [6.07, 6.45) is 7.86. The maximum atomic E-state index is 13.3. The fourth-order valence-corrected chi connectivity index (χ4v) is 5.68. The summed E-state index contributed by atoms with van der Waals surface area (Å²) < 4.78 is 6.30.